The van der Waals surface area contributed by atoms with E-state index in [1.54, 1.807) is 6.20 Å². The fraction of sp³-hybridized carbons (Fsp3) is 0.308. The maximum absolute atomic E-state index is 5.78. The molecule has 4 heteroatoms. The number of nitrogens with zero attached hydrogens (tertiary/aromatic N) is 2. The first-order valence-electron chi connectivity index (χ1n) is 5.68. The molecular weight excluding hydrogens is 216 g/mol. The highest BCUT2D eigenvalue weighted by atomic mass is 16.6. The fourth-order valence-electron chi connectivity index (χ4n) is 1.79. The number of epoxide rings is 1. The molecule has 0 N–H and O–H groups in total. The number of benzene rings is 1. The molecule has 0 saturated carbocycles. The van der Waals surface area contributed by atoms with Gasteiger partial charge in [-0.1, -0.05) is 12.1 Å². The van der Waals surface area contributed by atoms with Gasteiger partial charge in [-0.05, 0) is 24.6 Å². The third kappa shape index (κ3) is 2.17. The molecule has 0 amide bonds. The van der Waals surface area contributed by atoms with Crippen LogP contribution < -0.4 is 4.74 Å². The average Bonchev–Trinajstić information content (AvgIpc) is 3.01. The number of ether oxygens (including phenoxy) is 2. The lowest BCUT2D eigenvalue weighted by Crippen LogP contribution is -2.08. The predicted molar refractivity (Wildman–Crippen MR) is 63.5 cm³/mol. The molecule has 0 spiro atoms. The van der Waals surface area contributed by atoms with Crippen LogP contribution in [0.25, 0.3) is 5.69 Å². The van der Waals surface area contributed by atoms with Crippen molar-refractivity contribution in [3.8, 4) is 11.4 Å². The monoisotopic (exact) mass is 230 g/mol. The second-order valence-corrected chi connectivity index (χ2v) is 4.14. The van der Waals surface area contributed by atoms with Gasteiger partial charge in [-0.25, -0.2) is 4.68 Å². The van der Waals surface area contributed by atoms with Crippen LogP contribution in [0.2, 0.25) is 0 Å². The number of rotatable bonds is 4. The van der Waals surface area contributed by atoms with E-state index >= 15 is 0 Å². The molecule has 2 aromatic rings. The van der Waals surface area contributed by atoms with E-state index in [4.69, 9.17) is 9.47 Å². The van der Waals surface area contributed by atoms with Crippen molar-refractivity contribution in [2.75, 3.05) is 13.2 Å². The SMILES string of the molecule is Cc1cccc(OC[C@@H]2CO2)c1-n1cccn1. The lowest BCUT2D eigenvalue weighted by atomic mass is 10.2. The molecule has 1 atom stereocenters. The molecule has 3 rings (SSSR count). The molecule has 0 unspecified atom stereocenters. The minimum Gasteiger partial charge on any atom is -0.489 e. The van der Waals surface area contributed by atoms with Crippen LogP contribution in [0.5, 0.6) is 5.75 Å². The highest BCUT2D eigenvalue weighted by molar-refractivity contribution is 5.51. The smallest absolute Gasteiger partial charge is 0.145 e. The number of hydrogen-bond acceptors (Lipinski definition) is 3. The van der Waals surface area contributed by atoms with Crippen LogP contribution >= 0.6 is 0 Å². The Morgan fingerprint density at radius 2 is 2.35 bits per heavy atom. The Balaban J connectivity index is 1.92. The summed E-state index contributed by atoms with van der Waals surface area (Å²) in [6.07, 6.45) is 3.95. The zero-order valence-electron chi connectivity index (χ0n) is 9.67. The number of aryl methyl sites for hydroxylation is 1. The van der Waals surface area contributed by atoms with E-state index in [-0.39, 0.29) is 6.10 Å². The summed E-state index contributed by atoms with van der Waals surface area (Å²) in [7, 11) is 0. The second kappa shape index (κ2) is 4.22. The fourth-order valence-corrected chi connectivity index (χ4v) is 1.79. The third-order valence-corrected chi connectivity index (χ3v) is 2.76. The van der Waals surface area contributed by atoms with Gasteiger partial charge in [0.2, 0.25) is 0 Å². The van der Waals surface area contributed by atoms with Crippen molar-refractivity contribution in [2.45, 2.75) is 13.0 Å². The minimum absolute atomic E-state index is 0.265. The Morgan fingerprint density at radius 1 is 1.47 bits per heavy atom. The van der Waals surface area contributed by atoms with Crippen molar-refractivity contribution in [3.05, 3.63) is 42.2 Å². The Morgan fingerprint density at radius 3 is 3.06 bits per heavy atom. The van der Waals surface area contributed by atoms with Crippen LogP contribution in [0.3, 0.4) is 0 Å². The average molecular weight is 230 g/mol. The van der Waals surface area contributed by atoms with Crippen molar-refractivity contribution < 1.29 is 9.47 Å². The molecule has 1 aliphatic heterocycles. The molecule has 17 heavy (non-hydrogen) atoms. The van der Waals surface area contributed by atoms with Crippen molar-refractivity contribution >= 4 is 0 Å². The zero-order valence-corrected chi connectivity index (χ0v) is 9.67. The van der Waals surface area contributed by atoms with E-state index in [2.05, 4.69) is 18.1 Å². The first kappa shape index (κ1) is 10.4. The maximum Gasteiger partial charge on any atom is 0.145 e. The lowest BCUT2D eigenvalue weighted by molar-refractivity contribution is 0.262. The highest BCUT2D eigenvalue weighted by Gasteiger charge is 2.23. The van der Waals surface area contributed by atoms with Gasteiger partial charge in [0.25, 0.3) is 0 Å². The second-order valence-electron chi connectivity index (χ2n) is 4.14. The summed E-state index contributed by atoms with van der Waals surface area (Å²) in [5.41, 5.74) is 2.14. The Kier molecular flexibility index (Phi) is 2.57. The van der Waals surface area contributed by atoms with E-state index in [0.717, 1.165) is 23.6 Å². The molecule has 0 aliphatic carbocycles. The molecule has 88 valence electrons. The summed E-state index contributed by atoms with van der Waals surface area (Å²) in [6.45, 7) is 3.47. The van der Waals surface area contributed by atoms with Crippen molar-refractivity contribution in [1.82, 2.24) is 9.78 Å². The van der Waals surface area contributed by atoms with E-state index < -0.39 is 0 Å². The Bertz CT molecular complexity index is 504. The van der Waals surface area contributed by atoms with Gasteiger partial charge < -0.3 is 9.47 Å². The molecule has 4 nitrogen and oxygen atoms in total. The molecule has 1 aromatic carbocycles. The van der Waals surface area contributed by atoms with Crippen molar-refractivity contribution in [1.29, 1.82) is 0 Å². The molecule has 1 saturated heterocycles. The quantitative estimate of drug-likeness (QED) is 0.754. The number of hydrogen-bond donors (Lipinski definition) is 0. The van der Waals surface area contributed by atoms with Gasteiger partial charge in [0.1, 0.15) is 24.1 Å². The Hall–Kier alpha value is -1.81. The summed E-state index contributed by atoms with van der Waals surface area (Å²) < 4.78 is 12.8. The summed E-state index contributed by atoms with van der Waals surface area (Å²) in [6, 6.07) is 7.91. The van der Waals surface area contributed by atoms with Gasteiger partial charge in [0.15, 0.2) is 0 Å². The van der Waals surface area contributed by atoms with Gasteiger partial charge >= 0.3 is 0 Å². The van der Waals surface area contributed by atoms with Gasteiger partial charge in [-0.2, -0.15) is 5.10 Å². The van der Waals surface area contributed by atoms with Crippen LogP contribution in [-0.2, 0) is 4.74 Å². The number of para-hydroxylation sites is 1. The first-order valence-corrected chi connectivity index (χ1v) is 5.68. The molecule has 0 bridgehead atoms. The molecule has 2 heterocycles. The van der Waals surface area contributed by atoms with Gasteiger partial charge in [0, 0.05) is 12.4 Å². The Labute approximate surface area is 99.8 Å². The maximum atomic E-state index is 5.78. The molecule has 1 fully saturated rings. The normalized spacial score (nSPS) is 18.1. The molecule has 1 aliphatic rings. The zero-order chi connectivity index (χ0) is 11.7. The minimum atomic E-state index is 0.265. The summed E-state index contributed by atoms with van der Waals surface area (Å²) >= 11 is 0. The topological polar surface area (TPSA) is 39.6 Å². The number of aromatic nitrogens is 2. The predicted octanol–water partition coefficient (Wildman–Crippen LogP) is 1.96. The van der Waals surface area contributed by atoms with E-state index in [0.29, 0.717) is 6.61 Å². The lowest BCUT2D eigenvalue weighted by Gasteiger charge is -2.13. The molecule has 0 radical (unpaired) electrons. The van der Waals surface area contributed by atoms with Crippen LogP contribution in [0.1, 0.15) is 5.56 Å². The molecule has 1 aromatic heterocycles. The molecular formula is C13H14N2O2. The largest absolute Gasteiger partial charge is 0.489 e. The third-order valence-electron chi connectivity index (χ3n) is 2.76. The van der Waals surface area contributed by atoms with E-state index in [9.17, 15) is 0 Å². The van der Waals surface area contributed by atoms with Crippen LogP contribution in [-0.4, -0.2) is 29.1 Å². The summed E-state index contributed by atoms with van der Waals surface area (Å²) in [4.78, 5) is 0. The summed E-state index contributed by atoms with van der Waals surface area (Å²) in [5.74, 6) is 0.851. The van der Waals surface area contributed by atoms with Gasteiger partial charge in [-0.3, -0.25) is 0 Å². The first-order chi connectivity index (χ1) is 8.34. The highest BCUT2D eigenvalue weighted by Crippen LogP contribution is 2.26. The summed E-state index contributed by atoms with van der Waals surface area (Å²) in [5, 5.41) is 4.26. The van der Waals surface area contributed by atoms with Gasteiger partial charge in [-0.15, -0.1) is 0 Å². The van der Waals surface area contributed by atoms with Crippen molar-refractivity contribution in [3.63, 3.8) is 0 Å². The van der Waals surface area contributed by atoms with Gasteiger partial charge in [0.05, 0.1) is 6.61 Å². The van der Waals surface area contributed by atoms with Crippen molar-refractivity contribution in [2.24, 2.45) is 0 Å². The van der Waals surface area contributed by atoms with Crippen LogP contribution in [0.4, 0.5) is 0 Å². The standard InChI is InChI=1S/C13H14N2O2/c1-10-4-2-5-12(17-9-11-8-16-11)13(10)15-7-3-6-14-15/h2-7,11H,8-9H2,1H3/t11-/m0/s1. The van der Waals surface area contributed by atoms with E-state index in [1.165, 1.54) is 0 Å². The van der Waals surface area contributed by atoms with E-state index in [1.807, 2.05) is 29.1 Å². The van der Waals surface area contributed by atoms with Crippen LogP contribution in [0.15, 0.2) is 36.7 Å². The van der Waals surface area contributed by atoms with Crippen LogP contribution in [0, 0.1) is 6.92 Å².